The SMILES string of the molecule is COc1ccc(C#CCC2(c3ccccc3)C/C(=C\c3ccc(OC)cc3)OC2=O)cc1. The largest absolute Gasteiger partial charge is 0.497 e. The maximum atomic E-state index is 13.2. The lowest BCUT2D eigenvalue weighted by molar-refractivity contribution is -0.140. The van der Waals surface area contributed by atoms with Gasteiger partial charge in [-0.25, -0.2) is 0 Å². The van der Waals surface area contributed by atoms with Crippen LogP contribution in [-0.4, -0.2) is 20.2 Å². The summed E-state index contributed by atoms with van der Waals surface area (Å²) in [5.41, 5.74) is 1.89. The Hall–Kier alpha value is -3.97. The van der Waals surface area contributed by atoms with Crippen LogP contribution < -0.4 is 9.47 Å². The van der Waals surface area contributed by atoms with E-state index >= 15 is 0 Å². The highest BCUT2D eigenvalue weighted by molar-refractivity contribution is 5.88. The first-order valence-corrected chi connectivity index (χ1v) is 10.4. The number of rotatable bonds is 5. The van der Waals surface area contributed by atoms with Crippen molar-refractivity contribution in [1.29, 1.82) is 0 Å². The molecule has 0 aliphatic carbocycles. The van der Waals surface area contributed by atoms with Crippen LogP contribution in [0.2, 0.25) is 0 Å². The molecule has 1 aliphatic heterocycles. The summed E-state index contributed by atoms with van der Waals surface area (Å²) in [6, 6.07) is 24.9. The Morgan fingerprint density at radius 1 is 0.906 bits per heavy atom. The Labute approximate surface area is 188 Å². The molecule has 0 amide bonds. The van der Waals surface area contributed by atoms with Gasteiger partial charge in [-0.2, -0.15) is 0 Å². The van der Waals surface area contributed by atoms with Crippen LogP contribution in [0.3, 0.4) is 0 Å². The number of hydrogen-bond donors (Lipinski definition) is 0. The highest BCUT2D eigenvalue weighted by Crippen LogP contribution is 2.42. The molecule has 1 atom stereocenters. The van der Waals surface area contributed by atoms with Crippen molar-refractivity contribution < 1.29 is 19.0 Å². The summed E-state index contributed by atoms with van der Waals surface area (Å²) in [5, 5.41) is 0. The maximum absolute atomic E-state index is 13.2. The third-order valence-corrected chi connectivity index (χ3v) is 5.57. The molecular weight excluding hydrogens is 400 g/mol. The smallest absolute Gasteiger partial charge is 0.323 e. The molecule has 160 valence electrons. The Morgan fingerprint density at radius 2 is 1.53 bits per heavy atom. The van der Waals surface area contributed by atoms with Crippen molar-refractivity contribution in [3.63, 3.8) is 0 Å². The number of hydrogen-bond acceptors (Lipinski definition) is 4. The number of carbonyl (C=O) groups is 1. The van der Waals surface area contributed by atoms with E-state index in [0.717, 1.165) is 28.2 Å². The van der Waals surface area contributed by atoms with E-state index in [-0.39, 0.29) is 5.97 Å². The molecule has 4 rings (SSSR count). The van der Waals surface area contributed by atoms with Crippen molar-refractivity contribution in [1.82, 2.24) is 0 Å². The first-order chi connectivity index (χ1) is 15.6. The van der Waals surface area contributed by atoms with E-state index in [0.29, 0.717) is 18.6 Å². The molecule has 0 spiro atoms. The van der Waals surface area contributed by atoms with Gasteiger partial charge in [0.05, 0.1) is 14.2 Å². The Kier molecular flexibility index (Phi) is 6.28. The number of ether oxygens (including phenoxy) is 3. The van der Waals surface area contributed by atoms with Gasteiger partial charge in [0.15, 0.2) is 0 Å². The Morgan fingerprint density at radius 3 is 2.16 bits per heavy atom. The summed E-state index contributed by atoms with van der Waals surface area (Å²) in [6.45, 7) is 0. The molecular formula is C28H24O4. The highest BCUT2D eigenvalue weighted by atomic mass is 16.5. The molecule has 1 fully saturated rings. The topological polar surface area (TPSA) is 44.8 Å². The van der Waals surface area contributed by atoms with Gasteiger partial charge in [0.2, 0.25) is 0 Å². The van der Waals surface area contributed by atoms with Crippen LogP contribution in [0.25, 0.3) is 6.08 Å². The van der Waals surface area contributed by atoms with Crippen LogP contribution in [0.1, 0.15) is 29.5 Å². The van der Waals surface area contributed by atoms with Crippen LogP contribution in [-0.2, 0) is 14.9 Å². The van der Waals surface area contributed by atoms with Gasteiger partial charge >= 0.3 is 5.97 Å². The number of carbonyl (C=O) groups excluding carboxylic acids is 1. The predicted molar refractivity (Wildman–Crippen MR) is 124 cm³/mol. The average Bonchev–Trinajstić information content (AvgIpc) is 3.16. The summed E-state index contributed by atoms with van der Waals surface area (Å²) in [5.74, 6) is 8.31. The monoisotopic (exact) mass is 424 g/mol. The maximum Gasteiger partial charge on any atom is 0.323 e. The van der Waals surface area contributed by atoms with Gasteiger partial charge in [-0.15, -0.1) is 0 Å². The van der Waals surface area contributed by atoms with Crippen molar-refractivity contribution in [2.45, 2.75) is 18.3 Å². The molecule has 4 heteroatoms. The standard InChI is InChI=1S/C28H24O4/c1-30-24-14-10-21(11-15-24)7-6-18-28(23-8-4-3-5-9-23)20-26(32-27(28)29)19-22-12-16-25(31-2)17-13-22/h3-5,8-17,19H,18,20H2,1-2H3/b26-19+. The molecule has 3 aromatic rings. The lowest BCUT2D eigenvalue weighted by Crippen LogP contribution is -2.31. The molecule has 0 bridgehead atoms. The van der Waals surface area contributed by atoms with Gasteiger partial charge in [0, 0.05) is 18.4 Å². The molecule has 0 radical (unpaired) electrons. The fraction of sp³-hybridized carbons (Fsp3) is 0.179. The fourth-order valence-electron chi connectivity index (χ4n) is 3.77. The minimum atomic E-state index is -0.834. The van der Waals surface area contributed by atoms with Gasteiger partial charge in [-0.05, 0) is 53.6 Å². The van der Waals surface area contributed by atoms with E-state index in [1.54, 1.807) is 14.2 Å². The van der Waals surface area contributed by atoms with Crippen molar-refractivity contribution in [2.24, 2.45) is 0 Å². The zero-order valence-electron chi connectivity index (χ0n) is 18.1. The van der Waals surface area contributed by atoms with Gasteiger partial charge in [0.25, 0.3) is 0 Å². The summed E-state index contributed by atoms with van der Waals surface area (Å²) < 4.78 is 16.1. The number of allylic oxidation sites excluding steroid dienone is 1. The molecule has 4 nitrogen and oxygen atoms in total. The van der Waals surface area contributed by atoms with Gasteiger partial charge in [-0.3, -0.25) is 4.79 Å². The zero-order chi connectivity index (χ0) is 22.4. The van der Waals surface area contributed by atoms with E-state index in [9.17, 15) is 4.79 Å². The van der Waals surface area contributed by atoms with E-state index in [1.165, 1.54) is 0 Å². The van der Waals surface area contributed by atoms with Crippen LogP contribution in [0.15, 0.2) is 84.6 Å². The van der Waals surface area contributed by atoms with Gasteiger partial charge in [-0.1, -0.05) is 54.3 Å². The normalized spacial score (nSPS) is 18.6. The van der Waals surface area contributed by atoms with Crippen LogP contribution in [0.5, 0.6) is 11.5 Å². The van der Waals surface area contributed by atoms with Gasteiger partial charge in [0.1, 0.15) is 22.7 Å². The minimum Gasteiger partial charge on any atom is -0.497 e. The summed E-state index contributed by atoms with van der Waals surface area (Å²) in [4.78, 5) is 13.2. The second-order valence-corrected chi connectivity index (χ2v) is 7.61. The van der Waals surface area contributed by atoms with E-state index in [2.05, 4.69) is 11.8 Å². The summed E-state index contributed by atoms with van der Waals surface area (Å²) >= 11 is 0. The first kappa shape index (κ1) is 21.3. The average molecular weight is 424 g/mol. The Bertz CT molecular complexity index is 1170. The van der Waals surface area contributed by atoms with Gasteiger partial charge < -0.3 is 14.2 Å². The van der Waals surface area contributed by atoms with Crippen LogP contribution >= 0.6 is 0 Å². The molecule has 0 saturated carbocycles. The first-order valence-electron chi connectivity index (χ1n) is 10.4. The number of cyclic esters (lactones) is 1. The predicted octanol–water partition coefficient (Wildman–Crippen LogP) is 5.37. The molecule has 0 aromatic heterocycles. The van der Waals surface area contributed by atoms with E-state index < -0.39 is 5.41 Å². The molecule has 32 heavy (non-hydrogen) atoms. The molecule has 0 N–H and O–H groups in total. The van der Waals surface area contributed by atoms with Crippen molar-refractivity contribution in [3.05, 3.63) is 101 Å². The lowest BCUT2D eigenvalue weighted by Gasteiger charge is -2.22. The second-order valence-electron chi connectivity index (χ2n) is 7.61. The number of esters is 1. The summed E-state index contributed by atoms with van der Waals surface area (Å²) in [6.07, 6.45) is 2.72. The molecule has 1 aliphatic rings. The molecule has 1 saturated heterocycles. The summed E-state index contributed by atoms with van der Waals surface area (Å²) in [7, 11) is 3.26. The highest BCUT2D eigenvalue weighted by Gasteiger charge is 2.48. The third kappa shape index (κ3) is 4.53. The molecule has 1 heterocycles. The quantitative estimate of drug-likeness (QED) is 0.408. The van der Waals surface area contributed by atoms with Crippen molar-refractivity contribution >= 4 is 12.0 Å². The second kappa shape index (κ2) is 9.45. The van der Waals surface area contributed by atoms with Crippen molar-refractivity contribution in [3.8, 4) is 23.3 Å². The molecule has 3 aromatic carbocycles. The minimum absolute atomic E-state index is 0.271. The van der Waals surface area contributed by atoms with Crippen LogP contribution in [0.4, 0.5) is 0 Å². The van der Waals surface area contributed by atoms with Crippen LogP contribution in [0, 0.1) is 11.8 Å². The third-order valence-electron chi connectivity index (χ3n) is 5.57. The molecule has 1 unspecified atom stereocenters. The van der Waals surface area contributed by atoms with Crippen molar-refractivity contribution in [2.75, 3.05) is 14.2 Å². The lowest BCUT2D eigenvalue weighted by atomic mass is 9.76. The number of benzene rings is 3. The van der Waals surface area contributed by atoms with E-state index in [1.807, 2.05) is 84.9 Å². The number of methoxy groups -OCH3 is 2. The zero-order valence-corrected chi connectivity index (χ0v) is 18.1. The fourth-order valence-corrected chi connectivity index (χ4v) is 3.77. The van der Waals surface area contributed by atoms with E-state index in [4.69, 9.17) is 14.2 Å². The Balaban J connectivity index is 1.62.